The van der Waals surface area contributed by atoms with Gasteiger partial charge in [-0.2, -0.15) is 0 Å². The van der Waals surface area contributed by atoms with Gasteiger partial charge in [-0.15, -0.1) is 0 Å². The van der Waals surface area contributed by atoms with Gasteiger partial charge in [-0.05, 0) is 13.0 Å². The second-order valence-electron chi connectivity index (χ2n) is 6.85. The summed E-state index contributed by atoms with van der Waals surface area (Å²) in [7, 11) is 3.81. The first-order chi connectivity index (χ1) is 12.2. The Morgan fingerprint density at radius 3 is 2.68 bits per heavy atom. The van der Waals surface area contributed by atoms with Crippen molar-refractivity contribution in [3.63, 3.8) is 0 Å². The van der Waals surface area contributed by atoms with Crippen molar-refractivity contribution in [2.45, 2.75) is 19.5 Å². The summed E-state index contributed by atoms with van der Waals surface area (Å²) in [5.74, 6) is 1.89. The van der Waals surface area contributed by atoms with Crippen molar-refractivity contribution < 1.29 is 4.74 Å². The molecule has 6 nitrogen and oxygen atoms in total. The van der Waals surface area contributed by atoms with Crippen molar-refractivity contribution in [3.05, 3.63) is 29.8 Å². The first-order valence-corrected chi connectivity index (χ1v) is 9.29. The van der Waals surface area contributed by atoms with Gasteiger partial charge >= 0.3 is 0 Å². The summed E-state index contributed by atoms with van der Waals surface area (Å²) < 4.78 is 5.48. The molecule has 0 spiro atoms. The summed E-state index contributed by atoms with van der Waals surface area (Å²) in [6.07, 6.45) is 0. The maximum Gasteiger partial charge on any atom is 0.194 e. The fourth-order valence-electron chi connectivity index (χ4n) is 3.72. The standard InChI is InChI=1S/C19H31N5O/c1-4-20-19(21-13-17-15-23-9-11-24(17)12-10-23)22(2)14-16-7-5-6-8-18(16)25-3/h5-8,17H,4,9-15H2,1-3H3,(H,20,21). The van der Waals surface area contributed by atoms with Crippen LogP contribution in [0.1, 0.15) is 12.5 Å². The van der Waals surface area contributed by atoms with E-state index in [0.29, 0.717) is 6.04 Å². The van der Waals surface area contributed by atoms with E-state index in [0.717, 1.165) is 37.9 Å². The Balaban J connectivity index is 1.65. The third kappa shape index (κ3) is 4.44. The number of fused-ring (bicyclic) bond motifs is 3. The summed E-state index contributed by atoms with van der Waals surface area (Å²) in [4.78, 5) is 12.3. The predicted molar refractivity (Wildman–Crippen MR) is 102 cm³/mol. The van der Waals surface area contributed by atoms with Crippen LogP contribution in [0.2, 0.25) is 0 Å². The molecule has 2 bridgehead atoms. The van der Waals surface area contributed by atoms with Crippen LogP contribution >= 0.6 is 0 Å². The third-order valence-electron chi connectivity index (χ3n) is 5.14. The number of hydrogen-bond donors (Lipinski definition) is 1. The largest absolute Gasteiger partial charge is 0.496 e. The zero-order valence-electron chi connectivity index (χ0n) is 15.7. The minimum Gasteiger partial charge on any atom is -0.496 e. The lowest BCUT2D eigenvalue weighted by Crippen LogP contribution is -2.62. The number of para-hydroxylation sites is 1. The lowest BCUT2D eigenvalue weighted by Gasteiger charge is -2.47. The summed E-state index contributed by atoms with van der Waals surface area (Å²) in [5, 5.41) is 3.43. The Labute approximate surface area is 151 Å². The fourth-order valence-corrected chi connectivity index (χ4v) is 3.72. The quantitative estimate of drug-likeness (QED) is 0.618. The molecule has 0 aromatic heterocycles. The van der Waals surface area contributed by atoms with Crippen LogP contribution in [0.4, 0.5) is 0 Å². The molecule has 25 heavy (non-hydrogen) atoms. The van der Waals surface area contributed by atoms with E-state index >= 15 is 0 Å². The molecule has 3 saturated heterocycles. The van der Waals surface area contributed by atoms with Gasteiger partial charge in [0.2, 0.25) is 0 Å². The van der Waals surface area contributed by atoms with E-state index < -0.39 is 0 Å². The zero-order valence-corrected chi connectivity index (χ0v) is 15.7. The van der Waals surface area contributed by atoms with Crippen LogP contribution in [0, 0.1) is 0 Å². The van der Waals surface area contributed by atoms with Crippen LogP contribution in [0.15, 0.2) is 29.3 Å². The molecule has 4 rings (SSSR count). The van der Waals surface area contributed by atoms with Gasteiger partial charge in [-0.1, -0.05) is 18.2 Å². The Bertz CT molecular complexity index is 583. The number of benzene rings is 1. The monoisotopic (exact) mass is 345 g/mol. The van der Waals surface area contributed by atoms with Crippen molar-refractivity contribution in [2.24, 2.45) is 4.99 Å². The van der Waals surface area contributed by atoms with Crippen molar-refractivity contribution in [2.75, 3.05) is 60.0 Å². The SMILES string of the molecule is CCNC(=NCC1CN2CCN1CC2)N(C)Cc1ccccc1OC. The number of nitrogens with one attached hydrogen (secondary N) is 1. The Kier molecular flexibility index (Phi) is 6.15. The van der Waals surface area contributed by atoms with Crippen molar-refractivity contribution >= 4 is 5.96 Å². The van der Waals surface area contributed by atoms with Crippen LogP contribution in [-0.2, 0) is 6.54 Å². The molecule has 3 aliphatic heterocycles. The first-order valence-electron chi connectivity index (χ1n) is 9.29. The molecular formula is C19H31N5O. The highest BCUT2D eigenvalue weighted by Gasteiger charge is 2.31. The van der Waals surface area contributed by atoms with Crippen LogP contribution in [0.3, 0.4) is 0 Å². The maximum atomic E-state index is 5.48. The summed E-state index contributed by atoms with van der Waals surface area (Å²) in [6, 6.07) is 8.72. The van der Waals surface area contributed by atoms with Gasteiger partial charge in [0.05, 0.1) is 13.7 Å². The molecule has 3 heterocycles. The number of rotatable bonds is 6. The molecule has 6 heteroatoms. The zero-order chi connectivity index (χ0) is 17.6. The van der Waals surface area contributed by atoms with Gasteiger partial charge in [-0.25, -0.2) is 0 Å². The second-order valence-corrected chi connectivity index (χ2v) is 6.85. The molecule has 1 aromatic carbocycles. The van der Waals surface area contributed by atoms with Crippen LogP contribution in [0.5, 0.6) is 5.75 Å². The highest BCUT2D eigenvalue weighted by atomic mass is 16.5. The topological polar surface area (TPSA) is 43.3 Å². The average molecular weight is 345 g/mol. The number of hydrogen-bond acceptors (Lipinski definition) is 4. The van der Waals surface area contributed by atoms with Gasteiger partial charge in [0.1, 0.15) is 5.75 Å². The predicted octanol–water partition coefficient (Wildman–Crippen LogP) is 1.09. The van der Waals surface area contributed by atoms with E-state index in [1.807, 2.05) is 12.1 Å². The van der Waals surface area contributed by atoms with Crippen molar-refractivity contribution in [1.29, 1.82) is 0 Å². The van der Waals surface area contributed by atoms with Gasteiger partial charge in [0.25, 0.3) is 0 Å². The highest BCUT2D eigenvalue weighted by Crippen LogP contribution is 2.19. The van der Waals surface area contributed by atoms with Crippen molar-refractivity contribution in [1.82, 2.24) is 20.0 Å². The van der Waals surface area contributed by atoms with E-state index in [-0.39, 0.29) is 0 Å². The molecule has 3 fully saturated rings. The van der Waals surface area contributed by atoms with Gasteiger partial charge in [0.15, 0.2) is 5.96 Å². The molecule has 0 radical (unpaired) electrons. The Hall–Kier alpha value is -1.79. The Morgan fingerprint density at radius 2 is 2.04 bits per heavy atom. The fraction of sp³-hybridized carbons (Fsp3) is 0.632. The smallest absolute Gasteiger partial charge is 0.194 e. The lowest BCUT2D eigenvalue weighted by atomic mass is 10.1. The normalized spacial score (nSPS) is 25.7. The minimum absolute atomic E-state index is 0.552. The highest BCUT2D eigenvalue weighted by molar-refractivity contribution is 5.79. The summed E-state index contributed by atoms with van der Waals surface area (Å²) in [6.45, 7) is 10.6. The lowest BCUT2D eigenvalue weighted by molar-refractivity contribution is 0.0173. The molecule has 0 amide bonds. The number of methoxy groups -OCH3 is 1. The van der Waals surface area contributed by atoms with E-state index in [2.05, 4.69) is 46.1 Å². The molecular weight excluding hydrogens is 314 g/mol. The van der Waals surface area contributed by atoms with Crippen LogP contribution < -0.4 is 10.1 Å². The molecule has 1 N–H and O–H groups in total. The summed E-state index contributed by atoms with van der Waals surface area (Å²) in [5.41, 5.74) is 1.17. The average Bonchev–Trinajstić information content (AvgIpc) is 2.66. The van der Waals surface area contributed by atoms with Crippen LogP contribution in [0.25, 0.3) is 0 Å². The second kappa shape index (κ2) is 8.54. The molecule has 3 aliphatic rings. The molecule has 1 unspecified atom stereocenters. The Morgan fingerprint density at radius 1 is 1.28 bits per heavy atom. The number of piperazine rings is 3. The number of guanidine groups is 1. The van der Waals surface area contributed by atoms with E-state index in [4.69, 9.17) is 9.73 Å². The number of aliphatic imine (C=N–C) groups is 1. The maximum absolute atomic E-state index is 5.48. The molecule has 0 saturated carbocycles. The van der Waals surface area contributed by atoms with Crippen LogP contribution in [-0.4, -0.2) is 86.7 Å². The van der Waals surface area contributed by atoms with Crippen molar-refractivity contribution in [3.8, 4) is 5.75 Å². The number of nitrogens with zero attached hydrogens (tertiary/aromatic N) is 4. The van der Waals surface area contributed by atoms with Gasteiger partial charge in [0, 0.05) is 64.5 Å². The molecule has 0 aliphatic carbocycles. The minimum atomic E-state index is 0.552. The van der Waals surface area contributed by atoms with E-state index in [9.17, 15) is 0 Å². The third-order valence-corrected chi connectivity index (χ3v) is 5.14. The molecule has 138 valence electrons. The molecule has 1 atom stereocenters. The van der Waals surface area contributed by atoms with E-state index in [1.165, 1.54) is 31.7 Å². The van der Waals surface area contributed by atoms with Gasteiger partial charge in [-0.3, -0.25) is 14.8 Å². The van der Waals surface area contributed by atoms with E-state index in [1.54, 1.807) is 7.11 Å². The summed E-state index contributed by atoms with van der Waals surface area (Å²) >= 11 is 0. The van der Waals surface area contributed by atoms with Gasteiger partial charge < -0.3 is 15.0 Å². The number of ether oxygens (including phenoxy) is 1. The molecule has 1 aromatic rings. The first kappa shape index (κ1) is 18.0.